The summed E-state index contributed by atoms with van der Waals surface area (Å²) in [7, 11) is 0. The van der Waals surface area contributed by atoms with Gasteiger partial charge < -0.3 is 14.5 Å². The number of alkyl halides is 1. The minimum absolute atomic E-state index is 0.0654. The number of carbonyl (C=O) groups is 2. The van der Waals surface area contributed by atoms with Crippen LogP contribution in [0.5, 0.6) is 5.75 Å². The van der Waals surface area contributed by atoms with E-state index in [-0.39, 0.29) is 25.1 Å². The standard InChI is InChI=1S/C24H22F3N3O3/c25-17-11-21(24(32)29-8-4-7-18(29)12-28)30(13-17)23(31)16-9-19(26)22(20(27)10-16)33-14-15-5-2-1-3-6-15/h1-3,5-6,9-10,17-18,21H,4,7-8,11,13-14H2/t17-,18+,21-/m1/s1. The van der Waals surface area contributed by atoms with Gasteiger partial charge in [-0.1, -0.05) is 30.3 Å². The van der Waals surface area contributed by atoms with Gasteiger partial charge >= 0.3 is 0 Å². The van der Waals surface area contributed by atoms with Crippen molar-refractivity contribution in [1.29, 1.82) is 5.26 Å². The third-order valence-corrected chi connectivity index (χ3v) is 5.95. The second kappa shape index (κ2) is 9.53. The molecule has 4 rings (SSSR count). The zero-order valence-corrected chi connectivity index (χ0v) is 17.7. The monoisotopic (exact) mass is 457 g/mol. The fourth-order valence-electron chi connectivity index (χ4n) is 4.32. The molecule has 0 bridgehead atoms. The third kappa shape index (κ3) is 4.65. The van der Waals surface area contributed by atoms with Crippen molar-refractivity contribution >= 4 is 11.8 Å². The van der Waals surface area contributed by atoms with Crippen molar-refractivity contribution in [2.24, 2.45) is 0 Å². The molecule has 0 saturated carbocycles. The molecular formula is C24H22F3N3O3. The van der Waals surface area contributed by atoms with Gasteiger partial charge in [-0.2, -0.15) is 5.26 Å². The number of likely N-dealkylation sites (tertiary alicyclic amines) is 2. The van der Waals surface area contributed by atoms with Crippen LogP contribution in [-0.4, -0.2) is 53.0 Å². The Bertz CT molecular complexity index is 1070. The molecule has 0 aromatic heterocycles. The van der Waals surface area contributed by atoms with Gasteiger partial charge in [-0.25, -0.2) is 13.2 Å². The van der Waals surface area contributed by atoms with E-state index in [9.17, 15) is 28.0 Å². The first-order chi connectivity index (χ1) is 15.9. The molecule has 2 heterocycles. The smallest absolute Gasteiger partial charge is 0.254 e. The van der Waals surface area contributed by atoms with E-state index < -0.39 is 47.5 Å². The normalized spacial score (nSPS) is 22.3. The van der Waals surface area contributed by atoms with Gasteiger partial charge in [-0.05, 0) is 30.5 Å². The van der Waals surface area contributed by atoms with E-state index in [1.165, 1.54) is 4.90 Å². The fraction of sp³-hybridized carbons (Fsp3) is 0.375. The number of nitriles is 1. The molecule has 3 atom stereocenters. The Morgan fingerprint density at radius 1 is 1.12 bits per heavy atom. The van der Waals surface area contributed by atoms with Gasteiger partial charge in [0.15, 0.2) is 17.4 Å². The zero-order valence-electron chi connectivity index (χ0n) is 17.7. The first kappa shape index (κ1) is 22.6. The molecule has 2 aliphatic rings. The van der Waals surface area contributed by atoms with Gasteiger partial charge in [0.05, 0.1) is 12.6 Å². The van der Waals surface area contributed by atoms with Crippen LogP contribution in [0, 0.1) is 23.0 Å². The number of amides is 2. The fourth-order valence-corrected chi connectivity index (χ4v) is 4.32. The Labute approximate surface area is 189 Å². The van der Waals surface area contributed by atoms with Crippen LogP contribution in [0.15, 0.2) is 42.5 Å². The molecule has 2 fully saturated rings. The van der Waals surface area contributed by atoms with Gasteiger partial charge in [0, 0.05) is 18.5 Å². The van der Waals surface area contributed by atoms with E-state index in [0.717, 1.165) is 17.0 Å². The first-order valence-corrected chi connectivity index (χ1v) is 10.7. The second-order valence-electron chi connectivity index (χ2n) is 8.17. The molecule has 0 radical (unpaired) electrons. The maximum atomic E-state index is 14.6. The minimum Gasteiger partial charge on any atom is -0.483 e. The molecule has 0 N–H and O–H groups in total. The highest BCUT2D eigenvalue weighted by atomic mass is 19.1. The summed E-state index contributed by atoms with van der Waals surface area (Å²) in [6.45, 7) is -0.0802. The predicted octanol–water partition coefficient (Wildman–Crippen LogP) is 3.61. The molecule has 172 valence electrons. The molecule has 0 unspecified atom stereocenters. The number of ether oxygens (including phenoxy) is 1. The summed E-state index contributed by atoms with van der Waals surface area (Å²) in [4.78, 5) is 28.3. The van der Waals surface area contributed by atoms with Gasteiger partial charge in [0.2, 0.25) is 5.91 Å². The van der Waals surface area contributed by atoms with E-state index in [4.69, 9.17) is 4.74 Å². The highest BCUT2D eigenvalue weighted by Gasteiger charge is 2.44. The minimum atomic E-state index is -1.45. The third-order valence-electron chi connectivity index (χ3n) is 5.95. The van der Waals surface area contributed by atoms with Crippen molar-refractivity contribution in [2.45, 2.75) is 44.1 Å². The van der Waals surface area contributed by atoms with Crippen molar-refractivity contribution in [3.63, 3.8) is 0 Å². The Kier molecular flexibility index (Phi) is 6.54. The molecule has 2 aromatic carbocycles. The summed E-state index contributed by atoms with van der Waals surface area (Å²) in [5.74, 6) is -4.14. The number of benzene rings is 2. The van der Waals surface area contributed by atoms with E-state index >= 15 is 0 Å². The van der Waals surface area contributed by atoms with E-state index in [2.05, 4.69) is 0 Å². The van der Waals surface area contributed by atoms with Crippen molar-refractivity contribution in [3.05, 3.63) is 65.2 Å². The van der Waals surface area contributed by atoms with Crippen LogP contribution in [0.3, 0.4) is 0 Å². The molecule has 0 aliphatic carbocycles. The number of rotatable bonds is 5. The molecular weight excluding hydrogens is 435 g/mol. The van der Waals surface area contributed by atoms with Gasteiger partial charge in [-0.15, -0.1) is 0 Å². The number of halogens is 3. The van der Waals surface area contributed by atoms with Crippen molar-refractivity contribution < 1.29 is 27.5 Å². The van der Waals surface area contributed by atoms with E-state index in [0.29, 0.717) is 24.9 Å². The van der Waals surface area contributed by atoms with Crippen molar-refractivity contribution in [1.82, 2.24) is 9.80 Å². The van der Waals surface area contributed by atoms with Gasteiger partial charge in [0.25, 0.3) is 5.91 Å². The van der Waals surface area contributed by atoms with Crippen LogP contribution < -0.4 is 4.74 Å². The zero-order chi connectivity index (χ0) is 23.5. The number of carbonyl (C=O) groups excluding carboxylic acids is 2. The maximum absolute atomic E-state index is 14.6. The lowest BCUT2D eigenvalue weighted by Gasteiger charge is -2.29. The Hall–Kier alpha value is -3.54. The maximum Gasteiger partial charge on any atom is 0.254 e. The Morgan fingerprint density at radius 2 is 1.82 bits per heavy atom. The molecule has 2 amide bonds. The predicted molar refractivity (Wildman–Crippen MR) is 112 cm³/mol. The van der Waals surface area contributed by atoms with Crippen LogP contribution in [0.25, 0.3) is 0 Å². The number of hydrogen-bond donors (Lipinski definition) is 0. The Balaban J connectivity index is 1.52. The average molecular weight is 457 g/mol. The van der Waals surface area contributed by atoms with E-state index in [1.807, 2.05) is 6.07 Å². The Morgan fingerprint density at radius 3 is 2.48 bits per heavy atom. The summed E-state index contributed by atoms with van der Waals surface area (Å²) >= 11 is 0. The number of nitrogens with zero attached hydrogens (tertiary/aromatic N) is 3. The van der Waals surface area contributed by atoms with Crippen molar-refractivity contribution in [3.8, 4) is 11.8 Å². The number of hydrogen-bond acceptors (Lipinski definition) is 4. The quantitative estimate of drug-likeness (QED) is 0.688. The molecule has 6 nitrogen and oxygen atoms in total. The topological polar surface area (TPSA) is 73.6 Å². The molecule has 0 spiro atoms. The molecule has 33 heavy (non-hydrogen) atoms. The summed E-state index contributed by atoms with van der Waals surface area (Å²) in [5, 5.41) is 9.24. The highest BCUT2D eigenvalue weighted by molar-refractivity contribution is 5.98. The lowest BCUT2D eigenvalue weighted by molar-refractivity contribution is -0.135. The molecule has 9 heteroatoms. The lowest BCUT2D eigenvalue weighted by Crippen LogP contribution is -2.49. The van der Waals surface area contributed by atoms with Crippen molar-refractivity contribution in [2.75, 3.05) is 13.1 Å². The van der Waals surface area contributed by atoms with Gasteiger partial charge in [-0.3, -0.25) is 9.59 Å². The lowest BCUT2D eigenvalue weighted by atomic mass is 10.1. The summed E-state index contributed by atoms with van der Waals surface area (Å²) in [5.41, 5.74) is 0.365. The molecule has 2 saturated heterocycles. The molecule has 2 aliphatic heterocycles. The van der Waals surface area contributed by atoms with Gasteiger partial charge in [0.1, 0.15) is 24.9 Å². The highest BCUT2D eigenvalue weighted by Crippen LogP contribution is 2.30. The van der Waals surface area contributed by atoms with Crippen LogP contribution in [0.2, 0.25) is 0 Å². The van der Waals surface area contributed by atoms with Crippen LogP contribution in [0.4, 0.5) is 13.2 Å². The second-order valence-corrected chi connectivity index (χ2v) is 8.17. The van der Waals surface area contributed by atoms with E-state index in [1.54, 1.807) is 30.3 Å². The summed E-state index contributed by atoms with van der Waals surface area (Å²) < 4.78 is 48.7. The van der Waals surface area contributed by atoms with Crippen LogP contribution in [-0.2, 0) is 11.4 Å². The van der Waals surface area contributed by atoms with Crippen LogP contribution >= 0.6 is 0 Å². The largest absolute Gasteiger partial charge is 0.483 e. The summed E-state index contributed by atoms with van der Waals surface area (Å²) in [6.07, 6.45) is -0.509. The molecule has 2 aromatic rings. The average Bonchev–Trinajstić information content (AvgIpc) is 3.44. The SMILES string of the molecule is N#C[C@@H]1CCCN1C(=O)[C@H]1C[C@@H](F)CN1C(=O)c1cc(F)c(OCc2ccccc2)c(F)c1. The summed E-state index contributed by atoms with van der Waals surface area (Å²) in [6, 6.07) is 10.8. The first-order valence-electron chi connectivity index (χ1n) is 10.7. The van der Waals surface area contributed by atoms with Crippen LogP contribution in [0.1, 0.15) is 35.2 Å².